The summed E-state index contributed by atoms with van der Waals surface area (Å²) < 4.78 is 0. The van der Waals surface area contributed by atoms with E-state index in [1.54, 1.807) is 0 Å². The summed E-state index contributed by atoms with van der Waals surface area (Å²) in [7, 11) is 4.17. The third-order valence-electron chi connectivity index (χ3n) is 3.14. The molecule has 0 aromatic rings. The Morgan fingerprint density at radius 3 is 2.08 bits per heavy atom. The molecule has 0 N–H and O–H groups in total. The average molecular weight is 181 g/mol. The van der Waals surface area contributed by atoms with Crippen molar-refractivity contribution in [3.8, 4) is 0 Å². The molecule has 2 unspecified atom stereocenters. The highest BCUT2D eigenvalue weighted by Gasteiger charge is 2.32. The molecule has 0 radical (unpaired) electrons. The largest absolute Gasteiger partial charge is 0.302 e. The van der Waals surface area contributed by atoms with Crippen LogP contribution in [0.25, 0.3) is 0 Å². The van der Waals surface area contributed by atoms with Crippen LogP contribution in [0.5, 0.6) is 0 Å². The third kappa shape index (κ3) is 2.44. The topological polar surface area (TPSA) is 3.24 Å². The molecule has 0 rings (SSSR count). The summed E-state index contributed by atoms with van der Waals surface area (Å²) in [4.78, 5) is 2.20. The van der Waals surface area contributed by atoms with E-state index in [0.29, 0.717) is 6.04 Å². The van der Waals surface area contributed by atoms with E-state index in [4.69, 9.17) is 0 Å². The van der Waals surface area contributed by atoms with E-state index in [1.165, 1.54) is 5.57 Å². The van der Waals surface area contributed by atoms with E-state index < -0.39 is 0 Å². The lowest BCUT2D eigenvalue weighted by molar-refractivity contribution is 0.187. The van der Waals surface area contributed by atoms with Crippen molar-refractivity contribution in [2.24, 2.45) is 5.41 Å². The smallest absolute Gasteiger partial charge is 0.0360 e. The predicted molar refractivity (Wildman–Crippen MR) is 60.9 cm³/mol. The van der Waals surface area contributed by atoms with Crippen molar-refractivity contribution < 1.29 is 0 Å². The molecule has 1 heteroatoms. The van der Waals surface area contributed by atoms with Crippen LogP contribution in [0.4, 0.5) is 0 Å². The van der Waals surface area contributed by atoms with Crippen molar-refractivity contribution in [1.29, 1.82) is 0 Å². The van der Waals surface area contributed by atoms with Crippen molar-refractivity contribution in [2.75, 3.05) is 14.1 Å². The van der Waals surface area contributed by atoms with E-state index in [9.17, 15) is 0 Å². The van der Waals surface area contributed by atoms with Gasteiger partial charge in [0.1, 0.15) is 0 Å². The minimum atomic E-state index is 0.144. The lowest BCUT2D eigenvalue weighted by Gasteiger charge is -2.40. The summed E-state index contributed by atoms with van der Waals surface area (Å²) >= 11 is 0. The van der Waals surface area contributed by atoms with Crippen LogP contribution in [0.3, 0.4) is 0 Å². The quantitative estimate of drug-likeness (QED) is 0.589. The van der Waals surface area contributed by atoms with Crippen LogP contribution < -0.4 is 0 Å². The summed E-state index contributed by atoms with van der Waals surface area (Å²) in [5.41, 5.74) is 1.37. The van der Waals surface area contributed by atoms with Gasteiger partial charge in [0.2, 0.25) is 0 Å². The Morgan fingerprint density at radius 1 is 1.54 bits per heavy atom. The zero-order valence-electron chi connectivity index (χ0n) is 9.72. The zero-order chi connectivity index (χ0) is 10.6. The molecule has 13 heavy (non-hydrogen) atoms. The van der Waals surface area contributed by atoms with E-state index >= 15 is 0 Å². The Kier molecular flexibility index (Phi) is 4.41. The Morgan fingerprint density at radius 2 is 2.00 bits per heavy atom. The van der Waals surface area contributed by atoms with Crippen molar-refractivity contribution in [1.82, 2.24) is 4.90 Å². The number of nitrogens with zero attached hydrogens (tertiary/aromatic N) is 1. The first-order valence-electron chi connectivity index (χ1n) is 4.85. The fourth-order valence-electron chi connectivity index (χ4n) is 1.80. The van der Waals surface area contributed by atoms with Gasteiger partial charge in [0.25, 0.3) is 0 Å². The summed E-state index contributed by atoms with van der Waals surface area (Å²) in [5.74, 6) is 0. The van der Waals surface area contributed by atoms with Gasteiger partial charge in [-0.05, 0) is 27.4 Å². The first-order chi connectivity index (χ1) is 5.90. The molecule has 2 atom stereocenters. The fourth-order valence-corrected chi connectivity index (χ4v) is 1.80. The molecule has 0 bridgehead atoms. The van der Waals surface area contributed by atoms with Crippen LogP contribution in [0.1, 0.15) is 27.2 Å². The number of hydrogen-bond acceptors (Lipinski definition) is 1. The second-order valence-corrected chi connectivity index (χ2v) is 4.20. The SMILES string of the molecule is C=CC(N(C)C)C(C)(CC)C(=C)C. The maximum absolute atomic E-state index is 4.07. The van der Waals surface area contributed by atoms with Crippen LogP contribution in [-0.4, -0.2) is 25.0 Å². The van der Waals surface area contributed by atoms with Crippen LogP contribution in [0, 0.1) is 5.41 Å². The average Bonchev–Trinajstić information content (AvgIpc) is 2.04. The molecule has 0 aliphatic heterocycles. The maximum atomic E-state index is 4.07. The summed E-state index contributed by atoms with van der Waals surface area (Å²) in [5, 5.41) is 0. The fraction of sp³-hybridized carbons (Fsp3) is 0.667. The third-order valence-corrected chi connectivity index (χ3v) is 3.14. The second-order valence-electron chi connectivity index (χ2n) is 4.20. The van der Waals surface area contributed by atoms with Crippen LogP contribution in [0.15, 0.2) is 24.8 Å². The highest BCUT2D eigenvalue weighted by Crippen LogP contribution is 2.35. The molecule has 0 saturated carbocycles. The van der Waals surface area contributed by atoms with Gasteiger partial charge in [0.05, 0.1) is 0 Å². The predicted octanol–water partition coefficient (Wildman–Crippen LogP) is 3.10. The van der Waals surface area contributed by atoms with Crippen molar-refractivity contribution in [3.05, 3.63) is 24.8 Å². The minimum absolute atomic E-state index is 0.144. The minimum Gasteiger partial charge on any atom is -0.302 e. The van der Waals surface area contributed by atoms with Crippen molar-refractivity contribution >= 4 is 0 Å². The van der Waals surface area contributed by atoms with E-state index in [0.717, 1.165) is 6.42 Å². The monoisotopic (exact) mass is 181 g/mol. The highest BCUT2D eigenvalue weighted by atomic mass is 15.1. The lowest BCUT2D eigenvalue weighted by atomic mass is 9.74. The van der Waals surface area contributed by atoms with Gasteiger partial charge in [-0.1, -0.05) is 32.1 Å². The van der Waals surface area contributed by atoms with Crippen molar-refractivity contribution in [2.45, 2.75) is 33.2 Å². The van der Waals surface area contributed by atoms with Crippen LogP contribution >= 0.6 is 0 Å². The molecule has 0 amide bonds. The molecule has 0 saturated heterocycles. The Balaban J connectivity index is 4.91. The molecule has 1 nitrogen and oxygen atoms in total. The Hall–Kier alpha value is -0.560. The standard InChI is InChI=1S/C12H23N/c1-8-11(13(6)7)12(5,9-2)10(3)4/h8,11H,1,3,9H2,2,4-7H3. The molecule has 0 spiro atoms. The van der Waals surface area contributed by atoms with E-state index in [1.807, 2.05) is 6.08 Å². The zero-order valence-corrected chi connectivity index (χ0v) is 9.72. The molecular weight excluding hydrogens is 158 g/mol. The molecule has 0 heterocycles. The molecule has 0 aromatic heterocycles. The first kappa shape index (κ1) is 12.4. The molecule has 76 valence electrons. The number of likely N-dealkylation sites (N-methyl/N-ethyl adjacent to an activating group) is 1. The molecule has 0 aromatic carbocycles. The van der Waals surface area contributed by atoms with Gasteiger partial charge in [0, 0.05) is 11.5 Å². The normalized spacial score (nSPS) is 18.0. The second kappa shape index (κ2) is 4.61. The molecule has 0 aliphatic carbocycles. The van der Waals surface area contributed by atoms with Gasteiger partial charge in [-0.25, -0.2) is 0 Å². The van der Waals surface area contributed by atoms with Gasteiger partial charge in [-0.2, -0.15) is 0 Å². The Bertz CT molecular complexity index is 193. The van der Waals surface area contributed by atoms with E-state index in [-0.39, 0.29) is 5.41 Å². The van der Waals surface area contributed by atoms with Gasteiger partial charge in [0.15, 0.2) is 0 Å². The van der Waals surface area contributed by atoms with Gasteiger partial charge < -0.3 is 4.90 Å². The number of hydrogen-bond donors (Lipinski definition) is 0. The number of rotatable bonds is 5. The van der Waals surface area contributed by atoms with Crippen LogP contribution in [-0.2, 0) is 0 Å². The molecule has 0 fully saturated rings. The maximum Gasteiger partial charge on any atom is 0.0360 e. The highest BCUT2D eigenvalue weighted by molar-refractivity contribution is 5.14. The lowest BCUT2D eigenvalue weighted by Crippen LogP contribution is -2.41. The first-order valence-corrected chi connectivity index (χ1v) is 4.85. The summed E-state index contributed by atoms with van der Waals surface area (Å²) in [6.45, 7) is 14.5. The van der Waals surface area contributed by atoms with Crippen molar-refractivity contribution in [3.63, 3.8) is 0 Å². The summed E-state index contributed by atoms with van der Waals surface area (Å²) in [6.07, 6.45) is 3.11. The Labute approximate surface area is 83.1 Å². The summed E-state index contributed by atoms with van der Waals surface area (Å²) in [6, 6.07) is 0.370. The van der Waals surface area contributed by atoms with Gasteiger partial charge in [-0.3, -0.25) is 0 Å². The van der Waals surface area contributed by atoms with Crippen LogP contribution in [0.2, 0.25) is 0 Å². The molecular formula is C12H23N. The van der Waals surface area contributed by atoms with Gasteiger partial charge in [-0.15, -0.1) is 6.58 Å². The molecule has 0 aliphatic rings. The van der Waals surface area contributed by atoms with Gasteiger partial charge >= 0.3 is 0 Å². The van der Waals surface area contributed by atoms with E-state index in [2.05, 4.69) is 52.9 Å².